The minimum absolute atomic E-state index is 0.0663. The SMILES string of the molecule is COC[C@H]1[C@@H](NC(=O)C2(S(=O)(=O)c3ccccc3)CC2)[C@H]2CCO[C@H]21. The molecular formula is C18H23NO5S. The number of carbonyl (C=O) groups is 1. The fraction of sp³-hybridized carbons (Fsp3) is 0.611. The molecule has 1 aliphatic heterocycles. The Morgan fingerprint density at radius 2 is 2.04 bits per heavy atom. The van der Waals surface area contributed by atoms with E-state index in [2.05, 4.69) is 5.32 Å². The second-order valence-corrected chi connectivity index (χ2v) is 9.48. The van der Waals surface area contributed by atoms with E-state index in [0.29, 0.717) is 26.1 Å². The van der Waals surface area contributed by atoms with Crippen molar-refractivity contribution in [3.63, 3.8) is 0 Å². The number of amides is 1. The summed E-state index contributed by atoms with van der Waals surface area (Å²) in [5.74, 6) is -0.0104. The Morgan fingerprint density at radius 3 is 2.68 bits per heavy atom. The number of rotatable bonds is 6. The summed E-state index contributed by atoms with van der Waals surface area (Å²) in [5.41, 5.74) is 0. The van der Waals surface area contributed by atoms with Gasteiger partial charge in [0.1, 0.15) is 0 Å². The van der Waals surface area contributed by atoms with E-state index in [0.717, 1.165) is 6.42 Å². The Bertz CT molecular complexity index is 759. The molecule has 1 saturated heterocycles. The number of sulfone groups is 1. The molecule has 3 fully saturated rings. The van der Waals surface area contributed by atoms with Crippen molar-refractivity contribution in [1.29, 1.82) is 0 Å². The summed E-state index contributed by atoms with van der Waals surface area (Å²) < 4.78 is 35.6. The molecule has 1 amide bonds. The third-order valence-electron chi connectivity index (χ3n) is 5.87. The zero-order valence-electron chi connectivity index (χ0n) is 14.2. The summed E-state index contributed by atoms with van der Waals surface area (Å²) >= 11 is 0. The summed E-state index contributed by atoms with van der Waals surface area (Å²) in [6, 6.07) is 8.18. The van der Waals surface area contributed by atoms with Crippen LogP contribution in [0.1, 0.15) is 19.3 Å². The standard InChI is InChI=1S/C18H23NO5S/c1-23-11-14-15(13-7-10-24-16(13)14)19-17(20)18(8-9-18)25(21,22)12-5-3-2-4-6-12/h2-6,13-16H,7-11H2,1H3,(H,19,20)/t13-,14+,15+,16-/m1/s1. The van der Waals surface area contributed by atoms with Crippen LogP contribution in [0.5, 0.6) is 0 Å². The molecule has 0 spiro atoms. The molecule has 0 bridgehead atoms. The molecule has 7 heteroatoms. The molecule has 1 aromatic rings. The van der Waals surface area contributed by atoms with Gasteiger partial charge in [-0.3, -0.25) is 4.79 Å². The summed E-state index contributed by atoms with van der Waals surface area (Å²) in [6.45, 7) is 1.19. The van der Waals surface area contributed by atoms with Gasteiger partial charge < -0.3 is 14.8 Å². The van der Waals surface area contributed by atoms with E-state index in [9.17, 15) is 13.2 Å². The van der Waals surface area contributed by atoms with Gasteiger partial charge in [0.2, 0.25) is 5.91 Å². The third-order valence-corrected chi connectivity index (χ3v) is 8.39. The van der Waals surface area contributed by atoms with Crippen LogP contribution in [-0.4, -0.2) is 51.5 Å². The normalized spacial score (nSPS) is 32.5. The van der Waals surface area contributed by atoms with Gasteiger partial charge in [0.15, 0.2) is 14.6 Å². The number of nitrogens with one attached hydrogen (secondary N) is 1. The molecule has 1 N–H and O–H groups in total. The van der Waals surface area contributed by atoms with Crippen LogP contribution in [0.4, 0.5) is 0 Å². The van der Waals surface area contributed by atoms with Crippen LogP contribution in [-0.2, 0) is 24.1 Å². The lowest BCUT2D eigenvalue weighted by atomic mass is 9.67. The zero-order chi connectivity index (χ0) is 17.7. The van der Waals surface area contributed by atoms with Gasteiger partial charge in [0, 0.05) is 31.6 Å². The van der Waals surface area contributed by atoms with E-state index in [4.69, 9.17) is 9.47 Å². The average molecular weight is 365 g/mol. The molecule has 0 aromatic heterocycles. The molecule has 2 saturated carbocycles. The average Bonchev–Trinajstić information content (AvgIpc) is 3.34. The van der Waals surface area contributed by atoms with Crippen LogP contribution in [0.15, 0.2) is 35.2 Å². The van der Waals surface area contributed by atoms with Crippen molar-refractivity contribution < 1.29 is 22.7 Å². The number of methoxy groups -OCH3 is 1. The van der Waals surface area contributed by atoms with Crippen molar-refractivity contribution in [3.05, 3.63) is 30.3 Å². The summed E-state index contributed by atoms with van der Waals surface area (Å²) in [4.78, 5) is 13.1. The highest BCUT2D eigenvalue weighted by Crippen LogP contribution is 2.49. The summed E-state index contributed by atoms with van der Waals surface area (Å²) in [7, 11) is -2.05. The van der Waals surface area contributed by atoms with Crippen molar-refractivity contribution in [3.8, 4) is 0 Å². The number of hydrogen-bond donors (Lipinski definition) is 1. The molecule has 25 heavy (non-hydrogen) atoms. The van der Waals surface area contributed by atoms with Crippen LogP contribution < -0.4 is 5.32 Å². The van der Waals surface area contributed by atoms with Crippen molar-refractivity contribution >= 4 is 15.7 Å². The van der Waals surface area contributed by atoms with Crippen molar-refractivity contribution in [1.82, 2.24) is 5.32 Å². The smallest absolute Gasteiger partial charge is 0.242 e. The number of ether oxygens (including phenoxy) is 2. The van der Waals surface area contributed by atoms with Gasteiger partial charge in [-0.15, -0.1) is 0 Å². The Balaban J connectivity index is 1.53. The molecule has 1 heterocycles. The summed E-state index contributed by atoms with van der Waals surface area (Å²) in [5, 5.41) is 3.02. The maximum atomic E-state index is 13.0. The van der Waals surface area contributed by atoms with Crippen molar-refractivity contribution in [2.45, 2.75) is 41.1 Å². The van der Waals surface area contributed by atoms with Crippen molar-refractivity contribution in [2.24, 2.45) is 11.8 Å². The topological polar surface area (TPSA) is 81.7 Å². The van der Waals surface area contributed by atoms with Gasteiger partial charge >= 0.3 is 0 Å². The van der Waals surface area contributed by atoms with E-state index < -0.39 is 14.6 Å². The summed E-state index contributed by atoms with van der Waals surface area (Å²) in [6.07, 6.45) is 1.77. The minimum atomic E-state index is -3.68. The molecular weight excluding hydrogens is 342 g/mol. The first-order valence-electron chi connectivity index (χ1n) is 8.72. The van der Waals surface area contributed by atoms with Gasteiger partial charge in [0.25, 0.3) is 0 Å². The minimum Gasteiger partial charge on any atom is -0.384 e. The van der Waals surface area contributed by atoms with E-state index in [-0.39, 0.29) is 34.8 Å². The van der Waals surface area contributed by atoms with Crippen LogP contribution in [0.25, 0.3) is 0 Å². The molecule has 0 unspecified atom stereocenters. The number of carbonyl (C=O) groups excluding carboxylic acids is 1. The molecule has 3 aliphatic rings. The lowest BCUT2D eigenvalue weighted by Gasteiger charge is -2.47. The van der Waals surface area contributed by atoms with Gasteiger partial charge in [-0.25, -0.2) is 8.42 Å². The van der Waals surface area contributed by atoms with E-state index in [1.54, 1.807) is 37.4 Å². The largest absolute Gasteiger partial charge is 0.384 e. The molecule has 6 nitrogen and oxygen atoms in total. The molecule has 1 aromatic carbocycles. The molecule has 2 aliphatic carbocycles. The fourth-order valence-electron chi connectivity index (χ4n) is 4.27. The number of benzene rings is 1. The number of fused-ring (bicyclic) bond motifs is 1. The molecule has 0 radical (unpaired) electrons. The van der Waals surface area contributed by atoms with E-state index >= 15 is 0 Å². The highest BCUT2D eigenvalue weighted by Gasteiger charge is 2.63. The highest BCUT2D eigenvalue weighted by molar-refractivity contribution is 7.94. The third kappa shape index (κ3) is 2.52. The second-order valence-electron chi connectivity index (χ2n) is 7.22. The van der Waals surface area contributed by atoms with Gasteiger partial charge in [-0.05, 0) is 31.4 Å². The van der Waals surface area contributed by atoms with Crippen LogP contribution >= 0.6 is 0 Å². The monoisotopic (exact) mass is 365 g/mol. The zero-order valence-corrected chi connectivity index (χ0v) is 15.0. The molecule has 4 rings (SSSR count). The predicted molar refractivity (Wildman–Crippen MR) is 90.7 cm³/mol. The maximum Gasteiger partial charge on any atom is 0.242 e. The van der Waals surface area contributed by atoms with Gasteiger partial charge in [0.05, 0.1) is 17.6 Å². The van der Waals surface area contributed by atoms with Gasteiger partial charge in [-0.1, -0.05) is 18.2 Å². The Hall–Kier alpha value is -1.44. The first kappa shape index (κ1) is 17.0. The Labute approximate surface area is 147 Å². The Kier molecular flexibility index (Phi) is 4.13. The second kappa shape index (κ2) is 6.07. The van der Waals surface area contributed by atoms with E-state index in [1.165, 1.54) is 0 Å². The quantitative estimate of drug-likeness (QED) is 0.818. The van der Waals surface area contributed by atoms with E-state index in [1.807, 2.05) is 0 Å². The van der Waals surface area contributed by atoms with Crippen LogP contribution in [0.2, 0.25) is 0 Å². The first-order valence-corrected chi connectivity index (χ1v) is 10.2. The lowest BCUT2D eigenvalue weighted by Crippen LogP contribution is -2.64. The lowest BCUT2D eigenvalue weighted by molar-refractivity contribution is -0.130. The van der Waals surface area contributed by atoms with Crippen molar-refractivity contribution in [2.75, 3.05) is 20.3 Å². The fourth-order valence-corrected chi connectivity index (χ4v) is 6.18. The highest BCUT2D eigenvalue weighted by atomic mass is 32.2. The molecule has 136 valence electrons. The molecule has 4 atom stereocenters. The first-order chi connectivity index (χ1) is 12.0. The van der Waals surface area contributed by atoms with Crippen LogP contribution in [0.3, 0.4) is 0 Å². The maximum absolute atomic E-state index is 13.0. The predicted octanol–water partition coefficient (Wildman–Crippen LogP) is 1.16. The van der Waals surface area contributed by atoms with Crippen LogP contribution in [0, 0.1) is 11.8 Å². The number of hydrogen-bond acceptors (Lipinski definition) is 5. The van der Waals surface area contributed by atoms with Gasteiger partial charge in [-0.2, -0.15) is 0 Å². The Morgan fingerprint density at radius 1 is 1.32 bits per heavy atom.